The number of ether oxygens (including phenoxy) is 1. The van der Waals surface area contributed by atoms with E-state index in [0.29, 0.717) is 0 Å². The highest BCUT2D eigenvalue weighted by Crippen LogP contribution is 2.45. The third-order valence-electron chi connectivity index (χ3n) is 5.29. The molecule has 116 valence electrons. The summed E-state index contributed by atoms with van der Waals surface area (Å²) in [6, 6.07) is 8.32. The predicted octanol–water partition coefficient (Wildman–Crippen LogP) is 3.89. The van der Waals surface area contributed by atoms with Crippen molar-refractivity contribution in [3.05, 3.63) is 35.4 Å². The second-order valence-electron chi connectivity index (χ2n) is 6.85. The van der Waals surface area contributed by atoms with Crippen LogP contribution in [0.5, 0.6) is 0 Å². The monoisotopic (exact) mass is 306 g/mol. The Bertz CT molecular complexity index is 486. The zero-order valence-electron chi connectivity index (χ0n) is 13.1. The molecule has 2 aliphatic heterocycles. The van der Waals surface area contributed by atoms with E-state index in [-0.39, 0.29) is 11.5 Å². The average Bonchev–Trinajstić information content (AvgIpc) is 2.48. The van der Waals surface area contributed by atoms with Gasteiger partial charge in [-0.25, -0.2) is 0 Å². The molecule has 0 bridgehead atoms. The summed E-state index contributed by atoms with van der Waals surface area (Å²) in [6.07, 6.45) is 4.22. The third kappa shape index (κ3) is 3.15. The van der Waals surface area contributed by atoms with E-state index in [0.717, 1.165) is 37.9 Å². The lowest BCUT2D eigenvalue weighted by molar-refractivity contribution is -0.144. The second-order valence-corrected chi connectivity index (χ2v) is 8.08. The van der Waals surface area contributed by atoms with Crippen LogP contribution in [0.3, 0.4) is 0 Å². The second kappa shape index (κ2) is 5.94. The largest absolute Gasteiger partial charge is 0.385 e. The van der Waals surface area contributed by atoms with Gasteiger partial charge in [0.25, 0.3) is 0 Å². The maximum Gasteiger partial charge on any atom is 0.0898 e. The van der Waals surface area contributed by atoms with Gasteiger partial charge < -0.3 is 9.84 Å². The summed E-state index contributed by atoms with van der Waals surface area (Å²) in [5, 5.41) is 11.2. The number of benzene rings is 1. The Morgan fingerprint density at radius 2 is 2.10 bits per heavy atom. The zero-order valence-corrected chi connectivity index (χ0v) is 13.9. The molecule has 1 aromatic rings. The summed E-state index contributed by atoms with van der Waals surface area (Å²) in [6.45, 7) is 4.86. The molecule has 1 spiro atoms. The summed E-state index contributed by atoms with van der Waals surface area (Å²) in [5.41, 5.74) is 1.54. The van der Waals surface area contributed by atoms with Crippen molar-refractivity contribution in [2.75, 3.05) is 18.1 Å². The number of aliphatic hydroxyl groups is 1. The van der Waals surface area contributed by atoms with E-state index < -0.39 is 5.60 Å². The molecule has 3 rings (SSSR count). The molecule has 2 fully saturated rings. The molecule has 2 unspecified atom stereocenters. The van der Waals surface area contributed by atoms with Crippen LogP contribution in [0.2, 0.25) is 0 Å². The van der Waals surface area contributed by atoms with Gasteiger partial charge in [0, 0.05) is 6.61 Å². The van der Waals surface area contributed by atoms with Gasteiger partial charge >= 0.3 is 0 Å². The highest BCUT2D eigenvalue weighted by atomic mass is 32.2. The lowest BCUT2D eigenvalue weighted by atomic mass is 9.72. The minimum atomic E-state index is -0.757. The Balaban J connectivity index is 1.81. The molecule has 21 heavy (non-hydrogen) atoms. The summed E-state index contributed by atoms with van der Waals surface area (Å²) in [4.78, 5) is 0. The molecule has 1 aromatic carbocycles. The molecule has 1 N–H and O–H groups in total. The van der Waals surface area contributed by atoms with Crippen LogP contribution in [-0.2, 0) is 10.3 Å². The van der Waals surface area contributed by atoms with Gasteiger partial charge in [0.1, 0.15) is 0 Å². The first-order valence-electron chi connectivity index (χ1n) is 8.03. The molecule has 2 nitrogen and oxygen atoms in total. The molecular weight excluding hydrogens is 280 g/mol. The first-order chi connectivity index (χ1) is 10.0. The standard InChI is InChI=1S/C18H26O2S/c1-14-4-3-5-15(12-14)17(2,19)16-6-9-20-18(13-16)7-10-21-11-8-18/h3-5,12,16,19H,6-11,13H2,1-2H3. The van der Waals surface area contributed by atoms with Crippen LogP contribution < -0.4 is 0 Å². The Hall–Kier alpha value is -0.510. The minimum absolute atomic E-state index is 0.0297. The summed E-state index contributed by atoms with van der Waals surface area (Å²) < 4.78 is 6.17. The fraction of sp³-hybridized carbons (Fsp3) is 0.667. The van der Waals surface area contributed by atoms with E-state index in [1.807, 2.05) is 24.8 Å². The smallest absolute Gasteiger partial charge is 0.0898 e. The van der Waals surface area contributed by atoms with Crippen LogP contribution in [0.25, 0.3) is 0 Å². The van der Waals surface area contributed by atoms with Crippen molar-refractivity contribution in [2.24, 2.45) is 5.92 Å². The maximum absolute atomic E-state index is 11.2. The van der Waals surface area contributed by atoms with Gasteiger partial charge in [-0.15, -0.1) is 0 Å². The van der Waals surface area contributed by atoms with Gasteiger partial charge in [-0.2, -0.15) is 11.8 Å². The molecule has 0 saturated carbocycles. The lowest BCUT2D eigenvalue weighted by Crippen LogP contribution is -2.48. The Morgan fingerprint density at radius 1 is 1.33 bits per heavy atom. The van der Waals surface area contributed by atoms with E-state index in [1.54, 1.807) is 0 Å². The molecule has 0 radical (unpaired) electrons. The molecule has 2 atom stereocenters. The quantitative estimate of drug-likeness (QED) is 0.899. The van der Waals surface area contributed by atoms with Crippen molar-refractivity contribution in [3.8, 4) is 0 Å². The Labute approximate surface area is 132 Å². The number of hydrogen-bond donors (Lipinski definition) is 1. The number of thioether (sulfide) groups is 1. The Morgan fingerprint density at radius 3 is 2.81 bits per heavy atom. The van der Waals surface area contributed by atoms with Crippen LogP contribution in [0, 0.1) is 12.8 Å². The zero-order chi connectivity index (χ0) is 14.9. The van der Waals surface area contributed by atoms with Gasteiger partial charge in [0.2, 0.25) is 0 Å². The van der Waals surface area contributed by atoms with Gasteiger partial charge in [-0.1, -0.05) is 29.8 Å². The van der Waals surface area contributed by atoms with E-state index in [9.17, 15) is 5.11 Å². The summed E-state index contributed by atoms with van der Waals surface area (Å²) in [5.74, 6) is 2.68. The van der Waals surface area contributed by atoms with Gasteiger partial charge in [0.05, 0.1) is 11.2 Å². The first-order valence-corrected chi connectivity index (χ1v) is 9.19. The van der Waals surface area contributed by atoms with E-state index >= 15 is 0 Å². The van der Waals surface area contributed by atoms with Crippen LogP contribution in [-0.4, -0.2) is 28.8 Å². The van der Waals surface area contributed by atoms with E-state index in [2.05, 4.69) is 25.1 Å². The summed E-state index contributed by atoms with van der Waals surface area (Å²) >= 11 is 2.03. The average molecular weight is 306 g/mol. The maximum atomic E-state index is 11.2. The van der Waals surface area contributed by atoms with Crippen LogP contribution in [0.4, 0.5) is 0 Å². The number of aryl methyl sites for hydroxylation is 1. The van der Waals surface area contributed by atoms with Crippen LogP contribution >= 0.6 is 11.8 Å². The summed E-state index contributed by atoms with van der Waals surface area (Å²) in [7, 11) is 0. The van der Waals surface area contributed by atoms with Crippen LogP contribution in [0.1, 0.15) is 43.7 Å². The van der Waals surface area contributed by atoms with Crippen molar-refractivity contribution in [3.63, 3.8) is 0 Å². The van der Waals surface area contributed by atoms with Gasteiger partial charge in [-0.05, 0) is 62.5 Å². The van der Waals surface area contributed by atoms with Crippen LogP contribution in [0.15, 0.2) is 24.3 Å². The Kier molecular flexibility index (Phi) is 4.35. The molecule has 2 heterocycles. The normalized spacial score (nSPS) is 28.2. The van der Waals surface area contributed by atoms with Gasteiger partial charge in [0.15, 0.2) is 0 Å². The van der Waals surface area contributed by atoms with Crippen molar-refractivity contribution < 1.29 is 9.84 Å². The highest BCUT2D eigenvalue weighted by Gasteiger charge is 2.45. The molecule has 3 heteroatoms. The minimum Gasteiger partial charge on any atom is -0.385 e. The number of rotatable bonds is 2. The molecule has 2 saturated heterocycles. The highest BCUT2D eigenvalue weighted by molar-refractivity contribution is 7.99. The molecular formula is C18H26O2S. The fourth-order valence-corrected chi connectivity index (χ4v) is 5.03. The molecule has 0 amide bonds. The SMILES string of the molecule is Cc1cccc(C(C)(O)C2CCOC3(CCSCC3)C2)c1. The predicted molar refractivity (Wildman–Crippen MR) is 88.7 cm³/mol. The van der Waals surface area contributed by atoms with Gasteiger partial charge in [-0.3, -0.25) is 0 Å². The van der Waals surface area contributed by atoms with E-state index in [4.69, 9.17) is 4.74 Å². The topological polar surface area (TPSA) is 29.5 Å². The third-order valence-corrected chi connectivity index (χ3v) is 6.28. The van der Waals surface area contributed by atoms with Crippen molar-refractivity contribution in [2.45, 2.75) is 50.7 Å². The van der Waals surface area contributed by atoms with Crippen molar-refractivity contribution in [1.82, 2.24) is 0 Å². The fourth-order valence-electron chi connectivity index (χ4n) is 3.79. The first kappa shape index (κ1) is 15.4. The molecule has 2 aliphatic rings. The lowest BCUT2D eigenvalue weighted by Gasteiger charge is -2.47. The number of hydrogen-bond acceptors (Lipinski definition) is 3. The molecule has 0 aliphatic carbocycles. The van der Waals surface area contributed by atoms with Crippen molar-refractivity contribution >= 4 is 11.8 Å². The molecule has 0 aromatic heterocycles. The van der Waals surface area contributed by atoms with E-state index in [1.165, 1.54) is 17.1 Å². The van der Waals surface area contributed by atoms with Crippen molar-refractivity contribution in [1.29, 1.82) is 0 Å².